The Morgan fingerprint density at radius 3 is 2.76 bits per heavy atom. The van der Waals surface area contributed by atoms with Gasteiger partial charge in [0.25, 0.3) is 0 Å². The van der Waals surface area contributed by atoms with Gasteiger partial charge in [-0.3, -0.25) is 9.59 Å². The molecule has 0 radical (unpaired) electrons. The number of hydrogen-bond donors (Lipinski definition) is 1. The van der Waals surface area contributed by atoms with Gasteiger partial charge >= 0.3 is 5.97 Å². The van der Waals surface area contributed by atoms with E-state index in [1.54, 1.807) is 12.1 Å². The van der Waals surface area contributed by atoms with Gasteiger partial charge in [0.05, 0.1) is 5.92 Å². The first-order valence-corrected chi connectivity index (χ1v) is 5.72. The first-order valence-electron chi connectivity index (χ1n) is 5.72. The van der Waals surface area contributed by atoms with Crippen molar-refractivity contribution in [3.63, 3.8) is 0 Å². The minimum atomic E-state index is -0.788. The number of aldehydes is 1. The number of benzene rings is 1. The molecule has 1 aliphatic heterocycles. The van der Waals surface area contributed by atoms with E-state index in [2.05, 4.69) is 5.32 Å². The lowest BCUT2D eigenvalue weighted by Gasteiger charge is -2.15. The van der Waals surface area contributed by atoms with Crippen LogP contribution in [0, 0.1) is 5.92 Å². The monoisotopic (exact) mass is 233 g/mol. The molecule has 0 saturated carbocycles. The predicted octanol–water partition coefficient (Wildman–Crippen LogP) is 1.08. The van der Waals surface area contributed by atoms with Crippen molar-refractivity contribution >= 4 is 12.3 Å². The van der Waals surface area contributed by atoms with Crippen LogP contribution in [0.1, 0.15) is 18.1 Å². The quantitative estimate of drug-likeness (QED) is 0.624. The second-order valence-electron chi connectivity index (χ2n) is 4.09. The van der Waals surface area contributed by atoms with Crippen molar-refractivity contribution in [1.82, 2.24) is 5.32 Å². The van der Waals surface area contributed by atoms with E-state index in [0.29, 0.717) is 18.4 Å². The van der Waals surface area contributed by atoms with Gasteiger partial charge in [-0.15, -0.1) is 0 Å². The minimum Gasteiger partial charge on any atom is -0.449 e. The van der Waals surface area contributed by atoms with Gasteiger partial charge in [-0.2, -0.15) is 0 Å². The number of ether oxygens (including phenoxy) is 1. The molecule has 2 rings (SSSR count). The number of hydrogen-bond acceptors (Lipinski definition) is 4. The number of carbonyl (C=O) groups is 2. The summed E-state index contributed by atoms with van der Waals surface area (Å²) in [6, 6.07) is 9.04. The molecule has 1 N–H and O–H groups in total. The molecule has 17 heavy (non-hydrogen) atoms. The van der Waals surface area contributed by atoms with Gasteiger partial charge in [-0.25, -0.2) is 0 Å². The van der Waals surface area contributed by atoms with Crippen molar-refractivity contribution in [2.75, 3.05) is 13.1 Å². The van der Waals surface area contributed by atoms with Gasteiger partial charge in [-0.1, -0.05) is 30.3 Å². The molecule has 1 heterocycles. The molecule has 1 saturated heterocycles. The van der Waals surface area contributed by atoms with Crippen LogP contribution in [0.4, 0.5) is 0 Å². The van der Waals surface area contributed by atoms with Crippen molar-refractivity contribution in [1.29, 1.82) is 0 Å². The van der Waals surface area contributed by atoms with Crippen LogP contribution in [0.5, 0.6) is 0 Å². The zero-order valence-electron chi connectivity index (χ0n) is 9.46. The standard InChI is InChI=1S/C13H15NO3/c15-9-12(10-4-2-1-3-5-10)17-13(16)11-6-7-14-8-11/h1-5,9,11-12,14H,6-8H2. The normalized spacial score (nSPS) is 20.8. The van der Waals surface area contributed by atoms with E-state index in [-0.39, 0.29) is 11.9 Å². The van der Waals surface area contributed by atoms with Crippen molar-refractivity contribution in [3.8, 4) is 0 Å². The summed E-state index contributed by atoms with van der Waals surface area (Å²) in [7, 11) is 0. The van der Waals surface area contributed by atoms with Crippen molar-refractivity contribution < 1.29 is 14.3 Å². The highest BCUT2D eigenvalue weighted by molar-refractivity contribution is 5.76. The van der Waals surface area contributed by atoms with Crippen LogP contribution in [-0.4, -0.2) is 25.3 Å². The lowest BCUT2D eigenvalue weighted by Crippen LogP contribution is -2.22. The third-order valence-corrected chi connectivity index (χ3v) is 2.89. The highest BCUT2D eigenvalue weighted by atomic mass is 16.5. The van der Waals surface area contributed by atoms with Crippen LogP contribution in [0.2, 0.25) is 0 Å². The van der Waals surface area contributed by atoms with Gasteiger partial charge in [-0.05, 0) is 18.5 Å². The maximum Gasteiger partial charge on any atom is 0.311 e. The Morgan fingerprint density at radius 2 is 2.18 bits per heavy atom. The summed E-state index contributed by atoms with van der Waals surface area (Å²) >= 11 is 0. The van der Waals surface area contributed by atoms with Crippen LogP contribution < -0.4 is 5.32 Å². The van der Waals surface area contributed by atoms with Crippen molar-refractivity contribution in [3.05, 3.63) is 35.9 Å². The molecule has 1 fully saturated rings. The third-order valence-electron chi connectivity index (χ3n) is 2.89. The van der Waals surface area contributed by atoms with Crippen molar-refractivity contribution in [2.45, 2.75) is 12.5 Å². The summed E-state index contributed by atoms with van der Waals surface area (Å²) in [5.41, 5.74) is 0.710. The Bertz CT molecular complexity index is 385. The first kappa shape index (κ1) is 11.8. The minimum absolute atomic E-state index is 0.124. The summed E-state index contributed by atoms with van der Waals surface area (Å²) in [6.07, 6.45) is 0.652. The lowest BCUT2D eigenvalue weighted by molar-refractivity contribution is -0.156. The molecule has 0 aromatic heterocycles. The fourth-order valence-corrected chi connectivity index (χ4v) is 1.89. The Kier molecular flexibility index (Phi) is 3.88. The lowest BCUT2D eigenvalue weighted by atomic mass is 10.1. The molecular formula is C13H15NO3. The molecule has 2 unspecified atom stereocenters. The van der Waals surface area contributed by atoms with E-state index in [0.717, 1.165) is 13.0 Å². The van der Waals surface area contributed by atoms with Gasteiger partial charge < -0.3 is 10.1 Å². The van der Waals surface area contributed by atoms with E-state index in [1.165, 1.54) is 0 Å². The largest absolute Gasteiger partial charge is 0.449 e. The van der Waals surface area contributed by atoms with Gasteiger partial charge in [0.1, 0.15) is 0 Å². The zero-order valence-corrected chi connectivity index (χ0v) is 9.46. The van der Waals surface area contributed by atoms with E-state index in [1.807, 2.05) is 18.2 Å². The number of nitrogens with one attached hydrogen (secondary N) is 1. The van der Waals surface area contributed by atoms with Gasteiger partial charge in [0.2, 0.25) is 0 Å². The summed E-state index contributed by atoms with van der Waals surface area (Å²) in [4.78, 5) is 22.7. The van der Waals surface area contributed by atoms with Crippen LogP contribution >= 0.6 is 0 Å². The molecule has 0 bridgehead atoms. The molecule has 0 spiro atoms. The van der Waals surface area contributed by atoms with Crippen LogP contribution in [0.15, 0.2) is 30.3 Å². The number of esters is 1. The second kappa shape index (κ2) is 5.59. The summed E-state index contributed by atoms with van der Waals surface area (Å²) < 4.78 is 5.22. The molecule has 90 valence electrons. The molecule has 1 aliphatic rings. The summed E-state index contributed by atoms with van der Waals surface area (Å²) in [6.45, 7) is 1.47. The van der Waals surface area contributed by atoms with Gasteiger partial charge in [0, 0.05) is 6.54 Å². The second-order valence-corrected chi connectivity index (χ2v) is 4.09. The first-order chi connectivity index (χ1) is 8.31. The fourth-order valence-electron chi connectivity index (χ4n) is 1.89. The van der Waals surface area contributed by atoms with E-state index < -0.39 is 6.10 Å². The maximum atomic E-state index is 11.8. The Hall–Kier alpha value is -1.68. The van der Waals surface area contributed by atoms with Gasteiger partial charge in [0.15, 0.2) is 12.4 Å². The predicted molar refractivity (Wildman–Crippen MR) is 62.3 cm³/mol. The van der Waals surface area contributed by atoms with E-state index in [4.69, 9.17) is 4.74 Å². The molecule has 1 aromatic rings. The zero-order chi connectivity index (χ0) is 12.1. The molecule has 2 atom stereocenters. The van der Waals surface area contributed by atoms with Crippen molar-refractivity contribution in [2.24, 2.45) is 5.92 Å². The molecule has 4 heteroatoms. The highest BCUT2D eigenvalue weighted by Crippen LogP contribution is 2.18. The summed E-state index contributed by atoms with van der Waals surface area (Å²) in [5.74, 6) is -0.419. The maximum absolute atomic E-state index is 11.8. The third kappa shape index (κ3) is 2.91. The SMILES string of the molecule is O=CC(OC(=O)C1CCNC1)c1ccccc1. The molecule has 0 amide bonds. The molecule has 4 nitrogen and oxygen atoms in total. The Balaban J connectivity index is 2.00. The van der Waals surface area contributed by atoms with Crippen LogP contribution in [0.25, 0.3) is 0 Å². The molecular weight excluding hydrogens is 218 g/mol. The topological polar surface area (TPSA) is 55.4 Å². The Morgan fingerprint density at radius 1 is 1.41 bits per heavy atom. The van der Waals surface area contributed by atoms with Crippen LogP contribution in [-0.2, 0) is 14.3 Å². The number of rotatable bonds is 4. The highest BCUT2D eigenvalue weighted by Gasteiger charge is 2.26. The number of carbonyl (C=O) groups excluding carboxylic acids is 2. The van der Waals surface area contributed by atoms with E-state index >= 15 is 0 Å². The van der Waals surface area contributed by atoms with Crippen LogP contribution in [0.3, 0.4) is 0 Å². The average molecular weight is 233 g/mol. The Labute approximate surface area is 100.0 Å². The average Bonchev–Trinajstić information content (AvgIpc) is 2.90. The fraction of sp³-hybridized carbons (Fsp3) is 0.385. The summed E-state index contributed by atoms with van der Waals surface area (Å²) in [5, 5.41) is 3.10. The van der Waals surface area contributed by atoms with E-state index in [9.17, 15) is 9.59 Å². The smallest absolute Gasteiger partial charge is 0.311 e. The molecule has 1 aromatic carbocycles. The molecule has 0 aliphatic carbocycles.